The van der Waals surface area contributed by atoms with E-state index in [-0.39, 0.29) is 12.1 Å². The smallest absolute Gasteiger partial charge is 0.317 e. The van der Waals surface area contributed by atoms with Crippen molar-refractivity contribution in [1.29, 1.82) is 0 Å². The first-order valence-electron chi connectivity index (χ1n) is 8.69. The molecule has 1 aliphatic heterocycles. The number of carbonyl (C=O) groups is 1. The molecule has 1 atom stereocenters. The van der Waals surface area contributed by atoms with Crippen LogP contribution in [-0.4, -0.2) is 53.1 Å². The Morgan fingerprint density at radius 1 is 1.39 bits per heavy atom. The number of aryl methyl sites for hydroxylation is 2. The fraction of sp³-hybridized carbons (Fsp3) is 0.765. The van der Waals surface area contributed by atoms with E-state index < -0.39 is 0 Å². The van der Waals surface area contributed by atoms with E-state index in [4.69, 9.17) is 4.74 Å². The zero-order chi connectivity index (χ0) is 16.4. The van der Waals surface area contributed by atoms with Gasteiger partial charge in [0.25, 0.3) is 0 Å². The average Bonchev–Trinajstić information content (AvgIpc) is 3.35. The van der Waals surface area contributed by atoms with Crippen LogP contribution in [-0.2, 0) is 18.2 Å². The first kappa shape index (κ1) is 16.3. The molecule has 1 N–H and O–H groups in total. The van der Waals surface area contributed by atoms with Crippen LogP contribution in [0, 0.1) is 19.8 Å². The Morgan fingerprint density at radius 2 is 2.17 bits per heavy atom. The number of hydrogen-bond donors (Lipinski definition) is 1. The molecule has 2 heterocycles. The lowest BCUT2D eigenvalue weighted by atomic mass is 10.1. The molecule has 1 saturated heterocycles. The quantitative estimate of drug-likeness (QED) is 0.842. The molecule has 0 spiro atoms. The number of nitrogens with zero attached hydrogens (tertiary/aromatic N) is 3. The Bertz CT molecular complexity index is 565. The summed E-state index contributed by atoms with van der Waals surface area (Å²) in [6.07, 6.45) is 4.37. The van der Waals surface area contributed by atoms with Crippen molar-refractivity contribution >= 4 is 6.03 Å². The maximum atomic E-state index is 12.4. The molecule has 23 heavy (non-hydrogen) atoms. The minimum atomic E-state index is 0.0739. The van der Waals surface area contributed by atoms with E-state index in [0.29, 0.717) is 32.2 Å². The highest BCUT2D eigenvalue weighted by molar-refractivity contribution is 5.74. The lowest BCUT2D eigenvalue weighted by molar-refractivity contribution is 0.00474. The van der Waals surface area contributed by atoms with Gasteiger partial charge in [-0.1, -0.05) is 0 Å². The second kappa shape index (κ2) is 6.91. The van der Waals surface area contributed by atoms with Gasteiger partial charge in [0.1, 0.15) is 0 Å². The first-order valence-corrected chi connectivity index (χ1v) is 8.69. The molecule has 6 heteroatoms. The maximum absolute atomic E-state index is 12.4. The average molecular weight is 320 g/mol. The van der Waals surface area contributed by atoms with Gasteiger partial charge in [-0.05, 0) is 51.0 Å². The number of rotatable bonds is 5. The van der Waals surface area contributed by atoms with E-state index >= 15 is 0 Å². The third-order valence-corrected chi connectivity index (χ3v) is 5.13. The van der Waals surface area contributed by atoms with Gasteiger partial charge in [-0.3, -0.25) is 4.68 Å². The molecule has 1 aliphatic carbocycles. The van der Waals surface area contributed by atoms with Gasteiger partial charge in [-0.2, -0.15) is 5.10 Å². The van der Waals surface area contributed by atoms with Crippen LogP contribution in [0.5, 0.6) is 0 Å². The van der Waals surface area contributed by atoms with Crippen molar-refractivity contribution in [2.45, 2.75) is 45.6 Å². The molecular formula is C17H28N4O2. The maximum Gasteiger partial charge on any atom is 0.317 e. The summed E-state index contributed by atoms with van der Waals surface area (Å²) in [5.74, 6) is 0.654. The highest BCUT2D eigenvalue weighted by Gasteiger charge is 2.39. The largest absolute Gasteiger partial charge is 0.377 e. The predicted molar refractivity (Wildman–Crippen MR) is 88.4 cm³/mol. The summed E-state index contributed by atoms with van der Waals surface area (Å²) >= 11 is 0. The van der Waals surface area contributed by atoms with Crippen molar-refractivity contribution in [3.05, 3.63) is 17.0 Å². The second-order valence-electron chi connectivity index (χ2n) is 6.78. The number of aromatic nitrogens is 2. The molecule has 0 unspecified atom stereocenters. The summed E-state index contributed by atoms with van der Waals surface area (Å²) in [7, 11) is 1.98. The molecule has 2 fully saturated rings. The summed E-state index contributed by atoms with van der Waals surface area (Å²) in [5.41, 5.74) is 3.62. The molecule has 2 amide bonds. The molecular weight excluding hydrogens is 292 g/mol. The summed E-state index contributed by atoms with van der Waals surface area (Å²) in [6, 6.07) is 0.358. The van der Waals surface area contributed by atoms with E-state index in [9.17, 15) is 4.79 Å². The van der Waals surface area contributed by atoms with Crippen LogP contribution in [0.1, 0.15) is 36.2 Å². The standard InChI is InChI=1S/C17H28N4O2/c1-12-15(13(2)20(3)19-12)5-4-8-18-17(22)21-9-10-23-11-16(21)14-6-7-14/h14,16H,4-11H2,1-3H3,(H,18,22)/t16-/m0/s1. The van der Waals surface area contributed by atoms with Crippen molar-refractivity contribution in [1.82, 2.24) is 20.0 Å². The van der Waals surface area contributed by atoms with E-state index in [1.165, 1.54) is 24.1 Å². The van der Waals surface area contributed by atoms with Crippen molar-refractivity contribution in [3.8, 4) is 0 Å². The lowest BCUT2D eigenvalue weighted by Gasteiger charge is -2.35. The van der Waals surface area contributed by atoms with Gasteiger partial charge in [0.15, 0.2) is 0 Å². The number of urea groups is 1. The van der Waals surface area contributed by atoms with Gasteiger partial charge in [0, 0.05) is 25.8 Å². The number of hydrogen-bond acceptors (Lipinski definition) is 3. The first-order chi connectivity index (χ1) is 11.1. The molecule has 1 aromatic heterocycles. The van der Waals surface area contributed by atoms with E-state index in [0.717, 1.165) is 18.5 Å². The van der Waals surface area contributed by atoms with E-state index in [1.54, 1.807) is 0 Å². The molecule has 1 aromatic rings. The Kier molecular flexibility index (Phi) is 4.90. The second-order valence-corrected chi connectivity index (χ2v) is 6.78. The Labute approximate surface area is 138 Å². The monoisotopic (exact) mass is 320 g/mol. The van der Waals surface area contributed by atoms with E-state index in [1.807, 2.05) is 16.6 Å². The molecule has 2 aliphatic rings. The summed E-state index contributed by atoms with van der Waals surface area (Å²) in [6.45, 7) is 6.93. The van der Waals surface area contributed by atoms with Crippen LogP contribution >= 0.6 is 0 Å². The summed E-state index contributed by atoms with van der Waals surface area (Å²) < 4.78 is 7.47. The van der Waals surface area contributed by atoms with Crippen LogP contribution in [0.4, 0.5) is 4.79 Å². The zero-order valence-electron chi connectivity index (χ0n) is 14.5. The number of nitrogens with one attached hydrogen (secondary N) is 1. The van der Waals surface area contributed by atoms with E-state index in [2.05, 4.69) is 24.3 Å². The van der Waals surface area contributed by atoms with Crippen LogP contribution in [0.15, 0.2) is 0 Å². The Hall–Kier alpha value is -1.56. The van der Waals surface area contributed by atoms with Crippen LogP contribution in [0.3, 0.4) is 0 Å². The number of carbonyl (C=O) groups excluding carboxylic acids is 1. The minimum absolute atomic E-state index is 0.0739. The molecule has 0 radical (unpaired) electrons. The van der Waals surface area contributed by atoms with Gasteiger partial charge < -0.3 is 15.0 Å². The highest BCUT2D eigenvalue weighted by Crippen LogP contribution is 2.36. The van der Waals surface area contributed by atoms with Gasteiger partial charge >= 0.3 is 6.03 Å². The third kappa shape index (κ3) is 3.68. The molecule has 0 aromatic carbocycles. The zero-order valence-corrected chi connectivity index (χ0v) is 14.5. The molecule has 6 nitrogen and oxygen atoms in total. The number of ether oxygens (including phenoxy) is 1. The highest BCUT2D eigenvalue weighted by atomic mass is 16.5. The SMILES string of the molecule is Cc1nn(C)c(C)c1CCCNC(=O)N1CCOC[C@H]1C1CC1. The fourth-order valence-electron chi connectivity index (χ4n) is 3.49. The lowest BCUT2D eigenvalue weighted by Crippen LogP contribution is -2.53. The molecule has 0 bridgehead atoms. The topological polar surface area (TPSA) is 59.4 Å². The molecule has 3 rings (SSSR count). The summed E-state index contributed by atoms with van der Waals surface area (Å²) in [4.78, 5) is 14.4. The van der Waals surface area contributed by atoms with Crippen molar-refractivity contribution in [2.75, 3.05) is 26.3 Å². The number of amides is 2. The van der Waals surface area contributed by atoms with Crippen molar-refractivity contribution in [3.63, 3.8) is 0 Å². The van der Waals surface area contributed by atoms with Crippen LogP contribution in [0.25, 0.3) is 0 Å². The van der Waals surface area contributed by atoms with Crippen LogP contribution < -0.4 is 5.32 Å². The van der Waals surface area contributed by atoms with Crippen LogP contribution in [0.2, 0.25) is 0 Å². The fourth-order valence-corrected chi connectivity index (χ4v) is 3.49. The van der Waals surface area contributed by atoms with Gasteiger partial charge in [-0.25, -0.2) is 4.79 Å². The van der Waals surface area contributed by atoms with Gasteiger partial charge in [-0.15, -0.1) is 0 Å². The third-order valence-electron chi connectivity index (χ3n) is 5.13. The number of morpholine rings is 1. The van der Waals surface area contributed by atoms with Crippen molar-refractivity contribution in [2.24, 2.45) is 13.0 Å². The molecule has 128 valence electrons. The molecule has 1 saturated carbocycles. The van der Waals surface area contributed by atoms with Gasteiger partial charge in [0.2, 0.25) is 0 Å². The normalized spacial score (nSPS) is 21.5. The Balaban J connectivity index is 1.45. The summed E-state index contributed by atoms with van der Waals surface area (Å²) in [5, 5.41) is 7.53. The predicted octanol–water partition coefficient (Wildman–Crippen LogP) is 1.79. The van der Waals surface area contributed by atoms with Crippen molar-refractivity contribution < 1.29 is 9.53 Å². The minimum Gasteiger partial charge on any atom is -0.377 e. The van der Waals surface area contributed by atoms with Gasteiger partial charge in [0.05, 0.1) is 24.9 Å². The Morgan fingerprint density at radius 3 is 2.83 bits per heavy atom.